The average Bonchev–Trinajstić information content (AvgIpc) is 2.73. The van der Waals surface area contributed by atoms with Gasteiger partial charge in [-0.2, -0.15) is 0 Å². The Morgan fingerprint density at radius 2 is 1.68 bits per heavy atom. The molecule has 1 aliphatic carbocycles. The molecule has 0 bridgehead atoms. The Bertz CT molecular complexity index is 711. The summed E-state index contributed by atoms with van der Waals surface area (Å²) in [6, 6.07) is 5.65. The van der Waals surface area contributed by atoms with Crippen molar-refractivity contribution in [1.82, 2.24) is 15.5 Å². The van der Waals surface area contributed by atoms with Crippen molar-refractivity contribution >= 4 is 17.7 Å². The van der Waals surface area contributed by atoms with Crippen LogP contribution >= 0.6 is 0 Å². The van der Waals surface area contributed by atoms with Gasteiger partial charge in [-0.1, -0.05) is 31.4 Å². The van der Waals surface area contributed by atoms with E-state index in [9.17, 15) is 18.8 Å². The van der Waals surface area contributed by atoms with Gasteiger partial charge >= 0.3 is 0 Å². The summed E-state index contributed by atoms with van der Waals surface area (Å²) in [5, 5.41) is 5.34. The molecule has 152 valence electrons. The van der Waals surface area contributed by atoms with E-state index in [0.717, 1.165) is 25.7 Å². The van der Waals surface area contributed by atoms with Gasteiger partial charge in [0.2, 0.25) is 11.8 Å². The van der Waals surface area contributed by atoms with Crippen LogP contribution in [-0.4, -0.2) is 48.3 Å². The zero-order valence-electron chi connectivity index (χ0n) is 16.1. The number of nitrogens with zero attached hydrogens (tertiary/aromatic N) is 1. The molecule has 6 nitrogen and oxygen atoms in total. The minimum atomic E-state index is -0.615. The summed E-state index contributed by atoms with van der Waals surface area (Å²) in [7, 11) is 0. The van der Waals surface area contributed by atoms with Crippen molar-refractivity contribution in [3.63, 3.8) is 0 Å². The fourth-order valence-corrected chi connectivity index (χ4v) is 4.03. The van der Waals surface area contributed by atoms with Gasteiger partial charge in [0.1, 0.15) is 5.82 Å². The predicted octanol–water partition coefficient (Wildman–Crippen LogP) is 2.24. The largest absolute Gasteiger partial charge is 0.352 e. The Morgan fingerprint density at radius 3 is 2.36 bits per heavy atom. The topological polar surface area (TPSA) is 78.5 Å². The quantitative estimate of drug-likeness (QED) is 0.811. The number of rotatable bonds is 5. The SMILES string of the molecule is O=C(CNC(=O)c1ccccc1F)NC1CCN(C(=O)C2CCCCC2)CC1. The van der Waals surface area contributed by atoms with E-state index in [1.54, 1.807) is 6.07 Å². The van der Waals surface area contributed by atoms with E-state index in [1.807, 2.05) is 4.90 Å². The fourth-order valence-electron chi connectivity index (χ4n) is 4.03. The van der Waals surface area contributed by atoms with E-state index in [1.165, 1.54) is 24.6 Å². The van der Waals surface area contributed by atoms with Crippen LogP contribution in [0.15, 0.2) is 24.3 Å². The Kier molecular flexibility index (Phi) is 7.01. The molecule has 2 N–H and O–H groups in total. The normalized spacial score (nSPS) is 18.5. The number of carbonyl (C=O) groups excluding carboxylic acids is 3. The molecule has 2 aliphatic rings. The summed E-state index contributed by atoms with van der Waals surface area (Å²) < 4.78 is 13.6. The van der Waals surface area contributed by atoms with Crippen LogP contribution < -0.4 is 10.6 Å². The Hall–Kier alpha value is -2.44. The van der Waals surface area contributed by atoms with Crippen molar-refractivity contribution < 1.29 is 18.8 Å². The molecular weight excluding hydrogens is 361 g/mol. The van der Waals surface area contributed by atoms with Crippen LogP contribution in [0.4, 0.5) is 4.39 Å². The van der Waals surface area contributed by atoms with Gasteiger partial charge in [0.25, 0.3) is 5.91 Å². The molecule has 0 spiro atoms. The fraction of sp³-hybridized carbons (Fsp3) is 0.571. The molecule has 3 amide bonds. The lowest BCUT2D eigenvalue weighted by Gasteiger charge is -2.35. The minimum absolute atomic E-state index is 0.00623. The molecule has 1 aromatic carbocycles. The molecule has 1 heterocycles. The Balaban J connectivity index is 1.38. The van der Waals surface area contributed by atoms with Crippen LogP contribution in [0.3, 0.4) is 0 Å². The first-order chi connectivity index (χ1) is 13.5. The summed E-state index contributed by atoms with van der Waals surface area (Å²) in [6.07, 6.45) is 6.93. The molecule has 1 saturated carbocycles. The highest BCUT2D eigenvalue weighted by Crippen LogP contribution is 2.26. The van der Waals surface area contributed by atoms with E-state index in [4.69, 9.17) is 0 Å². The molecule has 2 fully saturated rings. The van der Waals surface area contributed by atoms with Crippen molar-refractivity contribution in [3.8, 4) is 0 Å². The van der Waals surface area contributed by atoms with Gasteiger partial charge in [-0.15, -0.1) is 0 Å². The van der Waals surface area contributed by atoms with Crippen LogP contribution in [0, 0.1) is 11.7 Å². The molecular formula is C21H28FN3O3. The minimum Gasteiger partial charge on any atom is -0.352 e. The number of halogens is 1. The van der Waals surface area contributed by atoms with Crippen molar-refractivity contribution in [2.75, 3.05) is 19.6 Å². The van der Waals surface area contributed by atoms with Crippen LogP contribution in [0.2, 0.25) is 0 Å². The molecule has 1 aliphatic heterocycles. The first kappa shape index (κ1) is 20.3. The molecule has 0 radical (unpaired) electrons. The standard InChI is InChI=1S/C21H28FN3O3/c22-18-9-5-4-8-17(18)20(27)23-14-19(26)24-16-10-12-25(13-11-16)21(28)15-6-2-1-3-7-15/h4-5,8-9,15-16H,1-3,6-7,10-14H2,(H,23,27)(H,24,26). The van der Waals surface area contributed by atoms with Crippen LogP contribution in [0.1, 0.15) is 55.3 Å². The van der Waals surface area contributed by atoms with Gasteiger partial charge in [-0.25, -0.2) is 4.39 Å². The van der Waals surface area contributed by atoms with E-state index in [0.29, 0.717) is 25.9 Å². The number of nitrogens with one attached hydrogen (secondary N) is 2. The summed E-state index contributed by atoms with van der Waals surface area (Å²) in [5.41, 5.74) is -0.0789. The van der Waals surface area contributed by atoms with E-state index in [2.05, 4.69) is 10.6 Å². The molecule has 0 unspecified atom stereocenters. The molecule has 1 saturated heterocycles. The van der Waals surface area contributed by atoms with E-state index < -0.39 is 11.7 Å². The maximum absolute atomic E-state index is 13.6. The molecule has 0 aromatic heterocycles. The van der Waals surface area contributed by atoms with Crippen molar-refractivity contribution in [3.05, 3.63) is 35.6 Å². The number of likely N-dealkylation sites (tertiary alicyclic amines) is 1. The molecule has 3 rings (SSSR count). The molecule has 28 heavy (non-hydrogen) atoms. The maximum atomic E-state index is 13.6. The van der Waals surface area contributed by atoms with Crippen LogP contribution in [0.25, 0.3) is 0 Å². The Labute approximate surface area is 164 Å². The summed E-state index contributed by atoms with van der Waals surface area (Å²) in [6.45, 7) is 1.11. The van der Waals surface area contributed by atoms with Gasteiger partial charge in [-0.3, -0.25) is 14.4 Å². The van der Waals surface area contributed by atoms with Crippen molar-refractivity contribution in [1.29, 1.82) is 0 Å². The number of amides is 3. The first-order valence-corrected chi connectivity index (χ1v) is 10.2. The van der Waals surface area contributed by atoms with E-state index >= 15 is 0 Å². The highest BCUT2D eigenvalue weighted by Gasteiger charge is 2.29. The monoisotopic (exact) mass is 389 g/mol. The first-order valence-electron chi connectivity index (χ1n) is 10.2. The molecule has 7 heteroatoms. The van der Waals surface area contributed by atoms with Gasteiger partial charge < -0.3 is 15.5 Å². The number of carbonyl (C=O) groups is 3. The van der Waals surface area contributed by atoms with Crippen LogP contribution in [-0.2, 0) is 9.59 Å². The van der Waals surface area contributed by atoms with Gasteiger partial charge in [0.05, 0.1) is 12.1 Å². The molecule has 1 aromatic rings. The van der Waals surface area contributed by atoms with E-state index in [-0.39, 0.29) is 35.9 Å². The lowest BCUT2D eigenvalue weighted by Crippen LogP contribution is -2.49. The second-order valence-electron chi connectivity index (χ2n) is 7.66. The smallest absolute Gasteiger partial charge is 0.254 e. The molecule has 0 atom stereocenters. The zero-order chi connectivity index (χ0) is 19.9. The van der Waals surface area contributed by atoms with Gasteiger partial charge in [-0.05, 0) is 37.8 Å². The maximum Gasteiger partial charge on any atom is 0.254 e. The zero-order valence-corrected chi connectivity index (χ0v) is 16.1. The lowest BCUT2D eigenvalue weighted by atomic mass is 9.87. The highest BCUT2D eigenvalue weighted by atomic mass is 19.1. The Morgan fingerprint density at radius 1 is 1.00 bits per heavy atom. The number of hydrogen-bond donors (Lipinski definition) is 2. The third-order valence-electron chi connectivity index (χ3n) is 5.65. The van der Waals surface area contributed by atoms with Crippen molar-refractivity contribution in [2.45, 2.75) is 51.0 Å². The van der Waals surface area contributed by atoms with Crippen molar-refractivity contribution in [2.24, 2.45) is 5.92 Å². The average molecular weight is 389 g/mol. The van der Waals surface area contributed by atoms with Crippen LogP contribution in [0.5, 0.6) is 0 Å². The number of hydrogen-bond acceptors (Lipinski definition) is 3. The summed E-state index contributed by atoms with van der Waals surface area (Å²) >= 11 is 0. The van der Waals surface area contributed by atoms with Gasteiger partial charge in [0.15, 0.2) is 0 Å². The number of piperidine rings is 1. The third-order valence-corrected chi connectivity index (χ3v) is 5.65. The highest BCUT2D eigenvalue weighted by molar-refractivity contribution is 5.96. The summed E-state index contributed by atoms with van der Waals surface area (Å²) in [5.74, 6) is -1.09. The second-order valence-corrected chi connectivity index (χ2v) is 7.66. The second kappa shape index (κ2) is 9.66. The lowest BCUT2D eigenvalue weighted by molar-refractivity contribution is -0.137. The predicted molar refractivity (Wildman–Crippen MR) is 103 cm³/mol. The van der Waals surface area contributed by atoms with Gasteiger partial charge in [0, 0.05) is 25.0 Å². The number of benzene rings is 1. The third kappa shape index (κ3) is 5.30. The summed E-state index contributed by atoms with van der Waals surface area (Å²) in [4.78, 5) is 38.6.